The lowest BCUT2D eigenvalue weighted by Gasteiger charge is -2.16. The maximum absolute atomic E-state index is 12.4. The molecule has 1 amide bonds. The van der Waals surface area contributed by atoms with Gasteiger partial charge in [0.2, 0.25) is 0 Å². The molecule has 4 rings (SSSR count). The number of esters is 1. The Bertz CT molecular complexity index is 931. The van der Waals surface area contributed by atoms with Crippen LogP contribution in [-0.4, -0.2) is 41.2 Å². The zero-order valence-electron chi connectivity index (χ0n) is 14.5. The van der Waals surface area contributed by atoms with Crippen LogP contribution < -0.4 is 5.32 Å². The predicted octanol–water partition coefficient (Wildman–Crippen LogP) is 3.39. The Morgan fingerprint density at radius 3 is 3.00 bits per heavy atom. The standard InChI is InChI=1S/C18H17N3O4S2/c1-2-24-17(23)13-9-27-18(20-13)21-15(22)12-8-26-16(19-12)11-3-4-14-10(7-11)5-6-25-14/h3-4,7-10,14H,2,5-6H2,1H3,(H,20,21,22). The predicted molar refractivity (Wildman–Crippen MR) is 103 cm³/mol. The number of rotatable bonds is 5. The lowest BCUT2D eigenvalue weighted by atomic mass is 9.93. The number of nitrogens with zero attached hydrogens (tertiary/aromatic N) is 2. The summed E-state index contributed by atoms with van der Waals surface area (Å²) in [6, 6.07) is 0. The molecular weight excluding hydrogens is 386 g/mol. The number of carbonyl (C=O) groups excluding carboxylic acids is 2. The first kappa shape index (κ1) is 18.0. The molecule has 2 aromatic rings. The fourth-order valence-corrected chi connectivity index (χ4v) is 4.41. The van der Waals surface area contributed by atoms with Gasteiger partial charge in [0.05, 0.1) is 12.7 Å². The third-order valence-electron chi connectivity index (χ3n) is 4.24. The van der Waals surface area contributed by atoms with Crippen LogP contribution >= 0.6 is 22.7 Å². The van der Waals surface area contributed by atoms with Gasteiger partial charge in [0.15, 0.2) is 10.8 Å². The van der Waals surface area contributed by atoms with Crippen LogP contribution in [0.25, 0.3) is 5.57 Å². The molecule has 1 aliphatic heterocycles. The molecule has 2 aromatic heterocycles. The molecule has 0 saturated carbocycles. The van der Waals surface area contributed by atoms with Crippen molar-refractivity contribution in [3.8, 4) is 0 Å². The van der Waals surface area contributed by atoms with Gasteiger partial charge in [-0.3, -0.25) is 10.1 Å². The highest BCUT2D eigenvalue weighted by Gasteiger charge is 2.28. The molecule has 2 aliphatic rings. The summed E-state index contributed by atoms with van der Waals surface area (Å²) in [6.07, 6.45) is 7.39. The summed E-state index contributed by atoms with van der Waals surface area (Å²) in [5, 5.41) is 7.08. The second-order valence-electron chi connectivity index (χ2n) is 6.02. The van der Waals surface area contributed by atoms with Gasteiger partial charge in [0.1, 0.15) is 10.7 Å². The van der Waals surface area contributed by atoms with Gasteiger partial charge in [-0.1, -0.05) is 18.2 Å². The monoisotopic (exact) mass is 403 g/mol. The van der Waals surface area contributed by atoms with E-state index in [-0.39, 0.29) is 24.3 Å². The minimum Gasteiger partial charge on any atom is -0.461 e. The van der Waals surface area contributed by atoms with Gasteiger partial charge >= 0.3 is 5.97 Å². The number of aromatic nitrogens is 2. The highest BCUT2D eigenvalue weighted by molar-refractivity contribution is 7.14. The van der Waals surface area contributed by atoms with E-state index in [1.165, 1.54) is 22.7 Å². The third kappa shape index (κ3) is 3.85. The molecule has 9 heteroatoms. The number of hydrogen-bond acceptors (Lipinski definition) is 8. The zero-order chi connectivity index (χ0) is 18.8. The minimum atomic E-state index is -0.504. The number of nitrogens with one attached hydrogen (secondary N) is 1. The number of carbonyl (C=O) groups is 2. The van der Waals surface area contributed by atoms with Crippen LogP contribution in [0.4, 0.5) is 5.13 Å². The Hall–Kier alpha value is -2.36. The quantitative estimate of drug-likeness (QED) is 0.770. The normalized spacial score (nSPS) is 20.9. The number of amides is 1. The average Bonchev–Trinajstić information content (AvgIpc) is 3.41. The van der Waals surface area contributed by atoms with Crippen molar-refractivity contribution in [1.29, 1.82) is 0 Å². The van der Waals surface area contributed by atoms with Crippen molar-refractivity contribution in [2.24, 2.45) is 5.92 Å². The van der Waals surface area contributed by atoms with Crippen LogP contribution in [-0.2, 0) is 9.47 Å². The van der Waals surface area contributed by atoms with Crippen molar-refractivity contribution in [2.75, 3.05) is 18.5 Å². The van der Waals surface area contributed by atoms with Crippen molar-refractivity contribution in [3.05, 3.63) is 45.4 Å². The summed E-state index contributed by atoms with van der Waals surface area (Å²) < 4.78 is 10.5. The van der Waals surface area contributed by atoms with Crippen LogP contribution in [0.15, 0.2) is 29.0 Å². The first-order valence-corrected chi connectivity index (χ1v) is 10.3. The average molecular weight is 403 g/mol. The molecule has 0 bridgehead atoms. The van der Waals surface area contributed by atoms with E-state index >= 15 is 0 Å². The van der Waals surface area contributed by atoms with E-state index in [0.29, 0.717) is 16.7 Å². The molecule has 1 N–H and O–H groups in total. The minimum absolute atomic E-state index is 0.162. The lowest BCUT2D eigenvalue weighted by molar-refractivity contribution is 0.0520. The van der Waals surface area contributed by atoms with Crippen LogP contribution in [0.1, 0.15) is 39.3 Å². The summed E-state index contributed by atoms with van der Waals surface area (Å²) in [7, 11) is 0. The molecule has 140 valence electrons. The lowest BCUT2D eigenvalue weighted by Crippen LogP contribution is -2.14. The molecule has 2 atom stereocenters. The summed E-state index contributed by atoms with van der Waals surface area (Å²) in [6.45, 7) is 2.78. The molecule has 1 saturated heterocycles. The van der Waals surface area contributed by atoms with Gasteiger partial charge in [0, 0.05) is 28.9 Å². The van der Waals surface area contributed by atoms with E-state index in [1.807, 2.05) is 6.08 Å². The summed E-state index contributed by atoms with van der Waals surface area (Å²) in [5.41, 5.74) is 1.52. The number of ether oxygens (including phenoxy) is 2. The van der Waals surface area contributed by atoms with E-state index in [9.17, 15) is 9.59 Å². The summed E-state index contributed by atoms with van der Waals surface area (Å²) >= 11 is 2.59. The first-order chi connectivity index (χ1) is 13.1. The highest BCUT2D eigenvalue weighted by Crippen LogP contribution is 2.33. The molecule has 0 radical (unpaired) electrons. The maximum Gasteiger partial charge on any atom is 0.357 e. The Morgan fingerprint density at radius 2 is 2.15 bits per heavy atom. The largest absolute Gasteiger partial charge is 0.461 e. The van der Waals surface area contributed by atoms with Gasteiger partial charge in [-0.05, 0) is 13.3 Å². The second kappa shape index (κ2) is 7.71. The number of thiazole rings is 2. The number of anilines is 1. The van der Waals surface area contributed by atoms with E-state index in [0.717, 1.165) is 23.6 Å². The van der Waals surface area contributed by atoms with Crippen molar-refractivity contribution in [3.63, 3.8) is 0 Å². The van der Waals surface area contributed by atoms with E-state index in [1.54, 1.807) is 17.7 Å². The van der Waals surface area contributed by atoms with Gasteiger partial charge in [-0.15, -0.1) is 22.7 Å². The molecular formula is C18H17N3O4S2. The van der Waals surface area contributed by atoms with Gasteiger partial charge in [0.25, 0.3) is 5.91 Å². The molecule has 1 aliphatic carbocycles. The van der Waals surface area contributed by atoms with Gasteiger partial charge in [-0.25, -0.2) is 14.8 Å². The topological polar surface area (TPSA) is 90.4 Å². The summed E-state index contributed by atoms with van der Waals surface area (Å²) in [4.78, 5) is 32.6. The van der Waals surface area contributed by atoms with Crippen LogP contribution in [0.5, 0.6) is 0 Å². The Balaban J connectivity index is 1.43. The maximum atomic E-state index is 12.4. The fourth-order valence-electron chi connectivity index (χ4n) is 2.93. The van der Waals surface area contributed by atoms with E-state index in [2.05, 4.69) is 27.4 Å². The zero-order valence-corrected chi connectivity index (χ0v) is 16.1. The van der Waals surface area contributed by atoms with Crippen molar-refractivity contribution < 1.29 is 19.1 Å². The van der Waals surface area contributed by atoms with Gasteiger partial charge in [-0.2, -0.15) is 0 Å². The first-order valence-electron chi connectivity index (χ1n) is 8.55. The van der Waals surface area contributed by atoms with E-state index in [4.69, 9.17) is 9.47 Å². The van der Waals surface area contributed by atoms with Crippen LogP contribution in [0.3, 0.4) is 0 Å². The molecule has 3 heterocycles. The Morgan fingerprint density at radius 1 is 1.30 bits per heavy atom. The number of fused-ring (bicyclic) bond motifs is 1. The van der Waals surface area contributed by atoms with E-state index < -0.39 is 5.97 Å². The molecule has 0 spiro atoms. The second-order valence-corrected chi connectivity index (χ2v) is 7.74. The Kier molecular flexibility index (Phi) is 5.15. The summed E-state index contributed by atoms with van der Waals surface area (Å²) in [5.74, 6) is -0.483. The van der Waals surface area contributed by atoms with Crippen molar-refractivity contribution in [1.82, 2.24) is 9.97 Å². The Labute approximate surface area is 163 Å². The van der Waals surface area contributed by atoms with Crippen molar-refractivity contribution >= 4 is 45.3 Å². The number of hydrogen-bond donors (Lipinski definition) is 1. The molecule has 7 nitrogen and oxygen atoms in total. The molecule has 1 fully saturated rings. The van der Waals surface area contributed by atoms with Crippen LogP contribution in [0, 0.1) is 5.92 Å². The third-order valence-corrected chi connectivity index (χ3v) is 5.88. The molecule has 27 heavy (non-hydrogen) atoms. The fraction of sp³-hybridized carbons (Fsp3) is 0.333. The van der Waals surface area contributed by atoms with Gasteiger partial charge < -0.3 is 9.47 Å². The highest BCUT2D eigenvalue weighted by atomic mass is 32.1. The number of allylic oxidation sites excluding steroid dienone is 2. The molecule has 2 unspecified atom stereocenters. The smallest absolute Gasteiger partial charge is 0.357 e. The van der Waals surface area contributed by atoms with Crippen LogP contribution in [0.2, 0.25) is 0 Å². The molecule has 0 aromatic carbocycles. The SMILES string of the molecule is CCOC(=O)c1csc(NC(=O)c2csc(C3=CC4CCOC4C=C3)n2)n1. The van der Waals surface area contributed by atoms with Crippen molar-refractivity contribution in [2.45, 2.75) is 19.4 Å².